The predicted octanol–water partition coefficient (Wildman–Crippen LogP) is 1.95. The molecule has 17 heavy (non-hydrogen) atoms. The number of aryl methyl sites for hydroxylation is 1. The molecule has 0 saturated heterocycles. The van der Waals surface area contributed by atoms with Crippen LogP contribution in [0.1, 0.15) is 24.5 Å². The normalized spacial score (nSPS) is 10.3. The second-order valence-electron chi connectivity index (χ2n) is 4.33. The van der Waals surface area contributed by atoms with Gasteiger partial charge in [-0.05, 0) is 26.0 Å². The molecule has 1 N–H and O–H groups in total. The summed E-state index contributed by atoms with van der Waals surface area (Å²) in [6, 6.07) is 8.35. The predicted molar refractivity (Wildman–Crippen MR) is 70.8 cm³/mol. The molecule has 0 atom stereocenters. The molecule has 0 unspecified atom stereocenters. The number of nitrogens with one attached hydrogen (secondary N) is 1. The van der Waals surface area contributed by atoms with Gasteiger partial charge in [0.05, 0.1) is 6.54 Å². The van der Waals surface area contributed by atoms with E-state index in [4.69, 9.17) is 0 Å². The summed E-state index contributed by atoms with van der Waals surface area (Å²) in [5.74, 6) is 0.162. The van der Waals surface area contributed by atoms with E-state index in [1.54, 1.807) is 7.05 Å². The third-order valence-corrected chi connectivity index (χ3v) is 2.67. The molecule has 0 radical (unpaired) electrons. The van der Waals surface area contributed by atoms with E-state index in [1.807, 2.05) is 4.90 Å². The van der Waals surface area contributed by atoms with Crippen LogP contribution in [-0.4, -0.2) is 30.9 Å². The molecular weight excluding hydrogens is 212 g/mol. The summed E-state index contributed by atoms with van der Waals surface area (Å²) in [7, 11) is 1.80. The molecule has 0 bridgehead atoms. The summed E-state index contributed by atoms with van der Waals surface area (Å²) < 4.78 is 0. The number of amides is 1. The van der Waals surface area contributed by atoms with Crippen LogP contribution in [0.4, 0.5) is 0 Å². The van der Waals surface area contributed by atoms with Gasteiger partial charge in [-0.3, -0.25) is 4.79 Å². The van der Waals surface area contributed by atoms with Crippen molar-refractivity contribution in [2.24, 2.45) is 0 Å². The van der Waals surface area contributed by atoms with E-state index in [9.17, 15) is 4.79 Å². The smallest absolute Gasteiger partial charge is 0.236 e. The highest BCUT2D eigenvalue weighted by Gasteiger charge is 2.11. The quantitative estimate of drug-likeness (QED) is 0.816. The van der Waals surface area contributed by atoms with Gasteiger partial charge in [-0.2, -0.15) is 0 Å². The molecule has 1 aromatic rings. The topological polar surface area (TPSA) is 32.3 Å². The molecule has 0 fully saturated rings. The number of hydrogen-bond acceptors (Lipinski definition) is 2. The summed E-state index contributed by atoms with van der Waals surface area (Å²) >= 11 is 0. The van der Waals surface area contributed by atoms with Gasteiger partial charge in [-0.1, -0.05) is 36.8 Å². The van der Waals surface area contributed by atoms with Gasteiger partial charge in [0.25, 0.3) is 0 Å². The number of nitrogens with zero attached hydrogens (tertiary/aromatic N) is 1. The molecule has 1 amide bonds. The number of carbonyl (C=O) groups is 1. The summed E-state index contributed by atoms with van der Waals surface area (Å²) in [6.45, 7) is 6.09. The van der Waals surface area contributed by atoms with Crippen molar-refractivity contribution in [3.05, 3.63) is 35.4 Å². The van der Waals surface area contributed by atoms with E-state index >= 15 is 0 Å². The first-order valence-corrected chi connectivity index (χ1v) is 6.15. The maximum absolute atomic E-state index is 11.9. The number of rotatable bonds is 6. The Hall–Kier alpha value is -1.35. The Labute approximate surface area is 104 Å². The fraction of sp³-hybridized carbons (Fsp3) is 0.500. The molecule has 1 aromatic carbocycles. The molecule has 0 aromatic heterocycles. The zero-order chi connectivity index (χ0) is 12.7. The molecule has 3 nitrogen and oxygen atoms in total. The summed E-state index contributed by atoms with van der Waals surface area (Å²) in [4.78, 5) is 13.8. The molecule has 0 aliphatic rings. The minimum absolute atomic E-state index is 0.162. The lowest BCUT2D eigenvalue weighted by Crippen LogP contribution is -2.37. The van der Waals surface area contributed by atoms with E-state index in [2.05, 4.69) is 43.4 Å². The van der Waals surface area contributed by atoms with Gasteiger partial charge >= 0.3 is 0 Å². The standard InChI is InChI=1S/C14H22N2O/c1-4-9-16(14(17)10-15-3)11-13-7-5-12(2)6-8-13/h5-8,15H,4,9-11H2,1-3H3. The van der Waals surface area contributed by atoms with E-state index in [0.717, 1.165) is 13.0 Å². The molecule has 3 heteroatoms. The van der Waals surface area contributed by atoms with Gasteiger partial charge in [0.15, 0.2) is 0 Å². The average Bonchev–Trinajstić information content (AvgIpc) is 2.31. The summed E-state index contributed by atoms with van der Waals surface area (Å²) in [6.07, 6.45) is 0.987. The lowest BCUT2D eigenvalue weighted by atomic mass is 10.1. The molecule has 0 aliphatic carbocycles. The van der Waals surface area contributed by atoms with Gasteiger partial charge in [-0.25, -0.2) is 0 Å². The number of hydrogen-bond donors (Lipinski definition) is 1. The van der Waals surface area contributed by atoms with Crippen LogP contribution in [0.25, 0.3) is 0 Å². The van der Waals surface area contributed by atoms with Crippen molar-refractivity contribution in [2.45, 2.75) is 26.8 Å². The molecule has 0 heterocycles. The average molecular weight is 234 g/mol. The molecule has 94 valence electrons. The van der Waals surface area contributed by atoms with Crippen LogP contribution >= 0.6 is 0 Å². The van der Waals surface area contributed by atoms with E-state index < -0.39 is 0 Å². The molecule has 0 aliphatic heterocycles. The SMILES string of the molecule is CCCN(Cc1ccc(C)cc1)C(=O)CNC. The zero-order valence-electron chi connectivity index (χ0n) is 11.0. The summed E-state index contributed by atoms with van der Waals surface area (Å²) in [5, 5.41) is 2.91. The summed E-state index contributed by atoms with van der Waals surface area (Å²) in [5.41, 5.74) is 2.44. The van der Waals surface area contributed by atoms with Crippen molar-refractivity contribution in [2.75, 3.05) is 20.1 Å². The molecule has 0 spiro atoms. The lowest BCUT2D eigenvalue weighted by Gasteiger charge is -2.22. The Bertz CT molecular complexity index is 346. The van der Waals surface area contributed by atoms with Crippen LogP contribution in [0.3, 0.4) is 0 Å². The highest BCUT2D eigenvalue weighted by atomic mass is 16.2. The highest BCUT2D eigenvalue weighted by Crippen LogP contribution is 2.07. The Kier molecular flexibility index (Phi) is 5.70. The Morgan fingerprint density at radius 3 is 2.47 bits per heavy atom. The Morgan fingerprint density at radius 2 is 1.94 bits per heavy atom. The lowest BCUT2D eigenvalue weighted by molar-refractivity contribution is -0.130. The first-order chi connectivity index (χ1) is 8.17. The van der Waals surface area contributed by atoms with Crippen molar-refractivity contribution < 1.29 is 4.79 Å². The minimum atomic E-state index is 0.162. The fourth-order valence-electron chi connectivity index (χ4n) is 1.74. The number of carbonyl (C=O) groups excluding carboxylic acids is 1. The molecule has 0 saturated carbocycles. The highest BCUT2D eigenvalue weighted by molar-refractivity contribution is 5.78. The van der Waals surface area contributed by atoms with Crippen LogP contribution in [0.2, 0.25) is 0 Å². The second-order valence-corrected chi connectivity index (χ2v) is 4.33. The first kappa shape index (κ1) is 13.7. The largest absolute Gasteiger partial charge is 0.337 e. The monoisotopic (exact) mass is 234 g/mol. The van der Waals surface area contributed by atoms with Crippen LogP contribution in [0.5, 0.6) is 0 Å². The maximum Gasteiger partial charge on any atom is 0.236 e. The maximum atomic E-state index is 11.9. The van der Waals surface area contributed by atoms with Crippen molar-refractivity contribution >= 4 is 5.91 Å². The van der Waals surface area contributed by atoms with Gasteiger partial charge in [-0.15, -0.1) is 0 Å². The first-order valence-electron chi connectivity index (χ1n) is 6.15. The van der Waals surface area contributed by atoms with Crippen LogP contribution in [0, 0.1) is 6.92 Å². The third kappa shape index (κ3) is 4.57. The minimum Gasteiger partial charge on any atom is -0.337 e. The number of benzene rings is 1. The van der Waals surface area contributed by atoms with E-state index in [1.165, 1.54) is 11.1 Å². The molecular formula is C14H22N2O. The van der Waals surface area contributed by atoms with Crippen molar-refractivity contribution in [1.82, 2.24) is 10.2 Å². The second kappa shape index (κ2) is 7.07. The Balaban J connectivity index is 2.65. The van der Waals surface area contributed by atoms with Crippen LogP contribution in [-0.2, 0) is 11.3 Å². The van der Waals surface area contributed by atoms with Crippen LogP contribution in [0.15, 0.2) is 24.3 Å². The Morgan fingerprint density at radius 1 is 1.29 bits per heavy atom. The van der Waals surface area contributed by atoms with Gasteiger partial charge in [0.2, 0.25) is 5.91 Å². The fourth-order valence-corrected chi connectivity index (χ4v) is 1.74. The van der Waals surface area contributed by atoms with Crippen LogP contribution < -0.4 is 5.32 Å². The van der Waals surface area contributed by atoms with Gasteiger partial charge < -0.3 is 10.2 Å². The third-order valence-electron chi connectivity index (χ3n) is 2.67. The van der Waals surface area contributed by atoms with Crippen molar-refractivity contribution in [3.8, 4) is 0 Å². The number of likely N-dealkylation sites (N-methyl/N-ethyl adjacent to an activating group) is 1. The van der Waals surface area contributed by atoms with E-state index in [0.29, 0.717) is 13.1 Å². The van der Waals surface area contributed by atoms with Gasteiger partial charge in [0, 0.05) is 13.1 Å². The zero-order valence-corrected chi connectivity index (χ0v) is 11.0. The van der Waals surface area contributed by atoms with Crippen molar-refractivity contribution in [1.29, 1.82) is 0 Å². The van der Waals surface area contributed by atoms with Gasteiger partial charge in [0.1, 0.15) is 0 Å². The van der Waals surface area contributed by atoms with E-state index in [-0.39, 0.29) is 5.91 Å². The molecule has 1 rings (SSSR count). The van der Waals surface area contributed by atoms with Crippen molar-refractivity contribution in [3.63, 3.8) is 0 Å².